The Bertz CT molecular complexity index is 471. The number of rotatable bonds is 5. The van der Waals surface area contributed by atoms with Crippen molar-refractivity contribution in [3.8, 4) is 0 Å². The lowest BCUT2D eigenvalue weighted by Gasteiger charge is -2.42. The Morgan fingerprint density at radius 2 is 1.88 bits per heavy atom. The van der Waals surface area contributed by atoms with E-state index in [1.165, 1.54) is 0 Å². The summed E-state index contributed by atoms with van der Waals surface area (Å²) in [6.07, 6.45) is 2.45. The van der Waals surface area contributed by atoms with Crippen molar-refractivity contribution in [2.45, 2.75) is 64.7 Å². The summed E-state index contributed by atoms with van der Waals surface area (Å²) < 4.78 is 11.0. The predicted octanol–water partition coefficient (Wildman–Crippen LogP) is 1.60. The minimum absolute atomic E-state index is 0.138. The van der Waals surface area contributed by atoms with Crippen molar-refractivity contribution in [2.75, 3.05) is 32.8 Å². The van der Waals surface area contributed by atoms with Crippen LogP contribution in [-0.2, 0) is 14.3 Å². The molecule has 1 saturated carbocycles. The molecule has 7 heteroatoms. The molecule has 144 valence electrons. The lowest BCUT2D eigenvalue weighted by Crippen LogP contribution is -2.59. The number of carbonyl (C=O) groups excluding carboxylic acids is 2. The molecule has 0 bridgehead atoms. The molecule has 0 aromatic carbocycles. The first-order valence-corrected chi connectivity index (χ1v) is 9.32. The van der Waals surface area contributed by atoms with Crippen LogP contribution in [0.15, 0.2) is 0 Å². The summed E-state index contributed by atoms with van der Waals surface area (Å²) in [4.78, 5) is 28.4. The van der Waals surface area contributed by atoms with Gasteiger partial charge in [-0.3, -0.25) is 4.79 Å². The maximum absolute atomic E-state index is 12.6. The number of hydrogen-bond donors (Lipinski definition) is 1. The minimum Gasteiger partial charge on any atom is -0.444 e. The molecule has 0 spiro atoms. The summed E-state index contributed by atoms with van der Waals surface area (Å²) in [5.41, 5.74) is 5.34. The highest BCUT2D eigenvalue weighted by molar-refractivity contribution is 5.77. The normalized spacial score (nSPS) is 27.0. The van der Waals surface area contributed by atoms with Gasteiger partial charge >= 0.3 is 6.09 Å². The van der Waals surface area contributed by atoms with Crippen LogP contribution in [0, 0.1) is 5.92 Å². The third-order valence-electron chi connectivity index (χ3n) is 4.78. The average Bonchev–Trinajstić information content (AvgIpc) is 2.50. The molecule has 0 radical (unpaired) electrons. The standard InChI is InChI=1S/C18H33N3O4/c1-5-24-15-8-13(9-15)10-16(22)21-7-6-20(12-14(21)11-19)17(23)25-18(2,3)4/h13-15H,5-12,19H2,1-4H3. The van der Waals surface area contributed by atoms with Gasteiger partial charge in [-0.1, -0.05) is 0 Å². The van der Waals surface area contributed by atoms with Crippen molar-refractivity contribution < 1.29 is 19.1 Å². The molecule has 25 heavy (non-hydrogen) atoms. The molecular formula is C18H33N3O4. The van der Waals surface area contributed by atoms with Crippen LogP contribution in [0.2, 0.25) is 0 Å². The Balaban J connectivity index is 1.83. The van der Waals surface area contributed by atoms with Crippen LogP contribution in [0.25, 0.3) is 0 Å². The number of piperazine rings is 1. The van der Waals surface area contributed by atoms with E-state index in [1.807, 2.05) is 32.6 Å². The quantitative estimate of drug-likeness (QED) is 0.810. The fourth-order valence-electron chi connectivity index (χ4n) is 3.45. The van der Waals surface area contributed by atoms with Crippen LogP contribution < -0.4 is 5.73 Å². The summed E-state index contributed by atoms with van der Waals surface area (Å²) in [5.74, 6) is 0.547. The largest absolute Gasteiger partial charge is 0.444 e. The fraction of sp³-hybridized carbons (Fsp3) is 0.889. The predicted molar refractivity (Wildman–Crippen MR) is 95.1 cm³/mol. The van der Waals surface area contributed by atoms with E-state index in [0.717, 1.165) is 19.4 Å². The van der Waals surface area contributed by atoms with Crippen molar-refractivity contribution in [1.82, 2.24) is 9.80 Å². The summed E-state index contributed by atoms with van der Waals surface area (Å²) >= 11 is 0. The topological polar surface area (TPSA) is 85.1 Å². The van der Waals surface area contributed by atoms with Gasteiger partial charge in [0.15, 0.2) is 0 Å². The van der Waals surface area contributed by atoms with Crippen LogP contribution in [0.3, 0.4) is 0 Å². The molecule has 1 aliphatic heterocycles. The Morgan fingerprint density at radius 3 is 2.44 bits per heavy atom. The number of nitrogens with zero attached hydrogens (tertiary/aromatic N) is 2. The fourth-order valence-corrected chi connectivity index (χ4v) is 3.45. The second kappa shape index (κ2) is 8.36. The van der Waals surface area contributed by atoms with Gasteiger partial charge in [0.1, 0.15) is 5.60 Å². The molecule has 0 aromatic heterocycles. The molecule has 1 heterocycles. The van der Waals surface area contributed by atoms with Gasteiger partial charge in [0.05, 0.1) is 12.1 Å². The third kappa shape index (κ3) is 5.57. The van der Waals surface area contributed by atoms with Gasteiger partial charge < -0.3 is 25.0 Å². The molecule has 2 amide bonds. The van der Waals surface area contributed by atoms with Gasteiger partial charge in [0.2, 0.25) is 5.91 Å². The summed E-state index contributed by atoms with van der Waals surface area (Å²) in [6.45, 7) is 10.0. The third-order valence-corrected chi connectivity index (χ3v) is 4.78. The molecule has 2 fully saturated rings. The van der Waals surface area contributed by atoms with Gasteiger partial charge in [0, 0.05) is 39.2 Å². The minimum atomic E-state index is -0.524. The number of nitrogens with two attached hydrogens (primary N) is 1. The number of ether oxygens (including phenoxy) is 2. The van der Waals surface area contributed by atoms with Gasteiger partial charge in [0.25, 0.3) is 0 Å². The van der Waals surface area contributed by atoms with Gasteiger partial charge in [-0.15, -0.1) is 0 Å². The molecule has 2 aliphatic rings. The van der Waals surface area contributed by atoms with E-state index in [0.29, 0.717) is 44.6 Å². The molecule has 2 N–H and O–H groups in total. The summed E-state index contributed by atoms with van der Waals surface area (Å²) in [7, 11) is 0. The Labute approximate surface area is 150 Å². The highest BCUT2D eigenvalue weighted by Gasteiger charge is 2.37. The Hall–Kier alpha value is -1.34. The second-order valence-corrected chi connectivity index (χ2v) is 8.02. The first-order chi connectivity index (χ1) is 11.7. The zero-order valence-electron chi connectivity index (χ0n) is 16.0. The molecule has 1 aliphatic carbocycles. The van der Waals surface area contributed by atoms with E-state index in [2.05, 4.69) is 0 Å². The van der Waals surface area contributed by atoms with E-state index >= 15 is 0 Å². The first kappa shape index (κ1) is 20.0. The van der Waals surface area contributed by atoms with E-state index < -0.39 is 5.60 Å². The maximum atomic E-state index is 12.6. The first-order valence-electron chi connectivity index (χ1n) is 9.32. The highest BCUT2D eigenvalue weighted by Crippen LogP contribution is 2.33. The van der Waals surface area contributed by atoms with E-state index in [1.54, 1.807) is 4.90 Å². The van der Waals surface area contributed by atoms with Crippen LogP contribution in [0.4, 0.5) is 4.79 Å². The number of carbonyl (C=O) groups is 2. The van der Waals surface area contributed by atoms with Crippen LogP contribution >= 0.6 is 0 Å². The van der Waals surface area contributed by atoms with Crippen molar-refractivity contribution in [1.29, 1.82) is 0 Å². The molecule has 0 aromatic rings. The lowest BCUT2D eigenvalue weighted by molar-refractivity contribution is -0.139. The molecule has 1 saturated heterocycles. The van der Waals surface area contributed by atoms with Crippen molar-refractivity contribution >= 4 is 12.0 Å². The highest BCUT2D eigenvalue weighted by atomic mass is 16.6. The zero-order valence-corrected chi connectivity index (χ0v) is 16.0. The molecule has 1 atom stereocenters. The summed E-state index contributed by atoms with van der Waals surface area (Å²) in [6, 6.07) is -0.142. The van der Waals surface area contributed by atoms with Gasteiger partial charge in [-0.25, -0.2) is 4.79 Å². The number of amides is 2. The Kier molecular flexibility index (Phi) is 6.68. The molecule has 1 unspecified atom stereocenters. The maximum Gasteiger partial charge on any atom is 0.410 e. The van der Waals surface area contributed by atoms with Crippen LogP contribution in [0.5, 0.6) is 0 Å². The van der Waals surface area contributed by atoms with Crippen molar-refractivity contribution in [2.24, 2.45) is 11.7 Å². The lowest BCUT2D eigenvalue weighted by atomic mass is 9.79. The van der Waals surface area contributed by atoms with Crippen LogP contribution in [-0.4, -0.2) is 72.3 Å². The van der Waals surface area contributed by atoms with E-state index in [4.69, 9.17) is 15.2 Å². The SMILES string of the molecule is CCOC1CC(CC(=O)N2CCN(C(=O)OC(C)(C)C)CC2CN)C1. The average molecular weight is 355 g/mol. The smallest absolute Gasteiger partial charge is 0.410 e. The van der Waals surface area contributed by atoms with E-state index in [9.17, 15) is 9.59 Å². The van der Waals surface area contributed by atoms with Gasteiger partial charge in [-0.05, 0) is 46.5 Å². The monoisotopic (exact) mass is 355 g/mol. The molecule has 7 nitrogen and oxygen atoms in total. The second-order valence-electron chi connectivity index (χ2n) is 8.02. The van der Waals surface area contributed by atoms with Gasteiger partial charge in [-0.2, -0.15) is 0 Å². The van der Waals surface area contributed by atoms with Crippen LogP contribution in [0.1, 0.15) is 47.0 Å². The van der Waals surface area contributed by atoms with E-state index in [-0.39, 0.29) is 18.0 Å². The molecule has 2 rings (SSSR count). The number of hydrogen-bond acceptors (Lipinski definition) is 5. The van der Waals surface area contributed by atoms with Crippen molar-refractivity contribution in [3.05, 3.63) is 0 Å². The Morgan fingerprint density at radius 1 is 1.20 bits per heavy atom. The summed E-state index contributed by atoms with van der Waals surface area (Å²) in [5, 5.41) is 0. The molecular weight excluding hydrogens is 322 g/mol. The van der Waals surface area contributed by atoms with Crippen molar-refractivity contribution in [3.63, 3.8) is 0 Å². The zero-order chi connectivity index (χ0) is 18.6.